The van der Waals surface area contributed by atoms with E-state index < -0.39 is 0 Å². The second kappa shape index (κ2) is 4.39. The Morgan fingerprint density at radius 2 is 2.25 bits per heavy atom. The maximum absolute atomic E-state index is 11.0. The molecule has 2 rings (SSSR count). The standard InChI is InChI=1S/C10H11N3OS2/c1-6-5-15-10(11-6)16-9-8(4-14)7(2)12-13(9)3/h4-5H,1-3H3. The van der Waals surface area contributed by atoms with Gasteiger partial charge >= 0.3 is 0 Å². The molecule has 0 saturated heterocycles. The van der Waals surface area contributed by atoms with Gasteiger partial charge in [0.2, 0.25) is 0 Å². The minimum Gasteiger partial charge on any atom is -0.298 e. The van der Waals surface area contributed by atoms with Crippen LogP contribution in [0.1, 0.15) is 21.7 Å². The highest BCUT2D eigenvalue weighted by Crippen LogP contribution is 2.32. The molecule has 2 aromatic rings. The van der Waals surface area contributed by atoms with Gasteiger partial charge in [-0.3, -0.25) is 9.48 Å². The molecule has 84 valence electrons. The molecule has 0 aliphatic heterocycles. The molecule has 4 nitrogen and oxygen atoms in total. The van der Waals surface area contributed by atoms with Gasteiger partial charge in [0.1, 0.15) is 5.03 Å². The van der Waals surface area contributed by atoms with Crippen molar-refractivity contribution in [3.05, 3.63) is 22.3 Å². The van der Waals surface area contributed by atoms with Crippen LogP contribution in [0.25, 0.3) is 0 Å². The van der Waals surface area contributed by atoms with E-state index in [2.05, 4.69) is 10.1 Å². The maximum atomic E-state index is 11.0. The van der Waals surface area contributed by atoms with Crippen LogP contribution < -0.4 is 0 Å². The lowest BCUT2D eigenvalue weighted by molar-refractivity contribution is 0.112. The minimum absolute atomic E-state index is 0.653. The lowest BCUT2D eigenvalue weighted by Gasteiger charge is -1.98. The molecule has 6 heteroatoms. The Labute approximate surface area is 102 Å². The van der Waals surface area contributed by atoms with Crippen LogP contribution in [0, 0.1) is 13.8 Å². The molecule has 0 radical (unpaired) electrons. The Morgan fingerprint density at radius 3 is 2.81 bits per heavy atom. The maximum Gasteiger partial charge on any atom is 0.156 e. The van der Waals surface area contributed by atoms with Crippen LogP contribution in [0.2, 0.25) is 0 Å². The van der Waals surface area contributed by atoms with Gasteiger partial charge in [-0.2, -0.15) is 5.10 Å². The molecule has 0 N–H and O–H groups in total. The number of aryl methyl sites for hydroxylation is 3. The smallest absolute Gasteiger partial charge is 0.156 e. The van der Waals surface area contributed by atoms with Crippen LogP contribution in [0.5, 0.6) is 0 Å². The number of nitrogens with zero attached hydrogens (tertiary/aromatic N) is 3. The van der Waals surface area contributed by atoms with Crippen molar-refractivity contribution in [1.82, 2.24) is 14.8 Å². The highest BCUT2D eigenvalue weighted by molar-refractivity contribution is 8.01. The van der Waals surface area contributed by atoms with Crippen molar-refractivity contribution < 1.29 is 4.79 Å². The van der Waals surface area contributed by atoms with E-state index in [4.69, 9.17) is 0 Å². The number of aldehydes is 1. The molecule has 0 bridgehead atoms. The summed E-state index contributed by atoms with van der Waals surface area (Å²) in [7, 11) is 1.84. The molecule has 0 amide bonds. The number of thiazole rings is 1. The van der Waals surface area contributed by atoms with E-state index in [0.29, 0.717) is 5.56 Å². The predicted octanol–water partition coefficient (Wildman–Crippen LogP) is 2.46. The monoisotopic (exact) mass is 253 g/mol. The Balaban J connectivity index is 2.37. The Bertz CT molecular complexity index is 530. The SMILES string of the molecule is Cc1csc(Sc2c(C=O)c(C)nn2C)n1. The van der Waals surface area contributed by atoms with Crippen LogP contribution in [0.15, 0.2) is 14.7 Å². The molecule has 0 unspecified atom stereocenters. The average Bonchev–Trinajstić information content (AvgIpc) is 2.73. The topological polar surface area (TPSA) is 47.8 Å². The Morgan fingerprint density at radius 1 is 1.50 bits per heavy atom. The van der Waals surface area contributed by atoms with Gasteiger partial charge in [0.15, 0.2) is 10.6 Å². The molecule has 0 aliphatic carbocycles. The molecule has 16 heavy (non-hydrogen) atoms. The average molecular weight is 253 g/mol. The van der Waals surface area contributed by atoms with Crippen LogP contribution >= 0.6 is 23.1 Å². The fraction of sp³-hybridized carbons (Fsp3) is 0.300. The first-order valence-corrected chi connectivity index (χ1v) is 6.40. The first-order valence-electron chi connectivity index (χ1n) is 4.70. The van der Waals surface area contributed by atoms with Gasteiger partial charge in [0.05, 0.1) is 11.3 Å². The Kier molecular flexibility index (Phi) is 3.11. The normalized spacial score (nSPS) is 10.7. The molecule has 0 fully saturated rings. The zero-order valence-electron chi connectivity index (χ0n) is 9.22. The van der Waals surface area contributed by atoms with Gasteiger partial charge in [-0.25, -0.2) is 4.98 Å². The fourth-order valence-corrected chi connectivity index (χ4v) is 3.30. The van der Waals surface area contributed by atoms with E-state index in [1.165, 1.54) is 11.8 Å². The van der Waals surface area contributed by atoms with Gasteiger partial charge in [0, 0.05) is 18.1 Å². The van der Waals surface area contributed by atoms with E-state index in [0.717, 1.165) is 27.0 Å². The van der Waals surface area contributed by atoms with Crippen molar-refractivity contribution in [2.45, 2.75) is 23.2 Å². The Hall–Kier alpha value is -1.14. The molecular weight excluding hydrogens is 242 g/mol. The summed E-state index contributed by atoms with van der Waals surface area (Å²) < 4.78 is 2.66. The number of aromatic nitrogens is 3. The summed E-state index contributed by atoms with van der Waals surface area (Å²) in [6, 6.07) is 0. The van der Waals surface area contributed by atoms with Crippen molar-refractivity contribution in [2.24, 2.45) is 7.05 Å². The van der Waals surface area contributed by atoms with Crippen LogP contribution in [-0.2, 0) is 7.05 Å². The van der Waals surface area contributed by atoms with Crippen molar-refractivity contribution in [1.29, 1.82) is 0 Å². The highest BCUT2D eigenvalue weighted by Gasteiger charge is 2.15. The summed E-state index contributed by atoms with van der Waals surface area (Å²) in [6.45, 7) is 3.79. The number of carbonyl (C=O) groups excluding carboxylic acids is 1. The quantitative estimate of drug-likeness (QED) is 0.788. The van der Waals surface area contributed by atoms with Gasteiger partial charge in [0.25, 0.3) is 0 Å². The zero-order valence-corrected chi connectivity index (χ0v) is 10.9. The fourth-order valence-electron chi connectivity index (χ4n) is 1.37. The lowest BCUT2D eigenvalue weighted by Crippen LogP contribution is -1.93. The van der Waals surface area contributed by atoms with E-state index in [1.54, 1.807) is 16.0 Å². The number of carbonyl (C=O) groups is 1. The second-order valence-electron chi connectivity index (χ2n) is 3.40. The molecule has 0 spiro atoms. The van der Waals surface area contributed by atoms with Crippen LogP contribution in [-0.4, -0.2) is 21.1 Å². The molecular formula is C10H11N3OS2. The van der Waals surface area contributed by atoms with Crippen LogP contribution in [0.4, 0.5) is 0 Å². The number of hydrogen-bond donors (Lipinski definition) is 0. The molecule has 0 aromatic carbocycles. The van der Waals surface area contributed by atoms with Crippen LogP contribution in [0.3, 0.4) is 0 Å². The zero-order chi connectivity index (χ0) is 11.7. The van der Waals surface area contributed by atoms with E-state index >= 15 is 0 Å². The number of hydrogen-bond acceptors (Lipinski definition) is 5. The van der Waals surface area contributed by atoms with E-state index in [1.807, 2.05) is 26.3 Å². The number of rotatable bonds is 3. The summed E-state index contributed by atoms with van der Waals surface area (Å²) in [4.78, 5) is 15.3. The van der Waals surface area contributed by atoms with E-state index in [-0.39, 0.29) is 0 Å². The third-order valence-electron chi connectivity index (χ3n) is 2.11. The van der Waals surface area contributed by atoms with Crippen molar-refractivity contribution in [3.8, 4) is 0 Å². The third kappa shape index (κ3) is 2.03. The van der Waals surface area contributed by atoms with Gasteiger partial charge < -0.3 is 0 Å². The van der Waals surface area contributed by atoms with Gasteiger partial charge in [-0.1, -0.05) is 0 Å². The molecule has 2 aromatic heterocycles. The molecule has 0 aliphatic rings. The van der Waals surface area contributed by atoms with Crippen molar-refractivity contribution in [3.63, 3.8) is 0 Å². The first-order chi connectivity index (χ1) is 7.61. The summed E-state index contributed by atoms with van der Waals surface area (Å²) in [5.41, 5.74) is 2.41. The summed E-state index contributed by atoms with van der Waals surface area (Å²) in [5.74, 6) is 0. The minimum atomic E-state index is 0.653. The lowest BCUT2D eigenvalue weighted by atomic mass is 10.3. The predicted molar refractivity (Wildman–Crippen MR) is 64.3 cm³/mol. The van der Waals surface area contributed by atoms with Crippen molar-refractivity contribution in [2.75, 3.05) is 0 Å². The summed E-state index contributed by atoms with van der Waals surface area (Å²) in [5, 5.41) is 7.07. The van der Waals surface area contributed by atoms with Crippen molar-refractivity contribution >= 4 is 29.4 Å². The summed E-state index contributed by atoms with van der Waals surface area (Å²) in [6.07, 6.45) is 0.852. The molecule has 0 saturated carbocycles. The largest absolute Gasteiger partial charge is 0.298 e. The van der Waals surface area contributed by atoms with Gasteiger partial charge in [-0.15, -0.1) is 11.3 Å². The summed E-state index contributed by atoms with van der Waals surface area (Å²) >= 11 is 3.06. The third-order valence-corrected chi connectivity index (χ3v) is 4.35. The first kappa shape index (κ1) is 11.3. The molecule has 2 heterocycles. The molecule has 0 atom stereocenters. The van der Waals surface area contributed by atoms with E-state index in [9.17, 15) is 4.79 Å². The highest BCUT2D eigenvalue weighted by atomic mass is 32.2. The van der Waals surface area contributed by atoms with Gasteiger partial charge in [-0.05, 0) is 25.6 Å². The second-order valence-corrected chi connectivity index (χ2v) is 5.50.